The Labute approximate surface area is 131 Å². The summed E-state index contributed by atoms with van der Waals surface area (Å²) in [7, 11) is 7.29. The molecule has 0 spiro atoms. The molecule has 0 aliphatic rings. The molecule has 2 rings (SSSR count). The van der Waals surface area contributed by atoms with Crippen LogP contribution in [0.25, 0.3) is 0 Å². The van der Waals surface area contributed by atoms with Crippen molar-refractivity contribution in [2.24, 2.45) is 0 Å². The highest BCUT2D eigenvalue weighted by atomic mass is 16.5. The molecule has 0 saturated heterocycles. The van der Waals surface area contributed by atoms with Gasteiger partial charge in [0, 0.05) is 39.4 Å². The minimum absolute atomic E-state index is 0.743. The van der Waals surface area contributed by atoms with Crippen molar-refractivity contribution in [1.82, 2.24) is 10.3 Å². The van der Waals surface area contributed by atoms with Crippen LogP contribution in [0.4, 0.5) is 5.82 Å². The molecule has 0 unspecified atom stereocenters. The third-order valence-electron chi connectivity index (χ3n) is 3.34. The Hall–Kier alpha value is -2.27. The maximum atomic E-state index is 5.28. The minimum Gasteiger partial charge on any atom is -0.497 e. The lowest BCUT2D eigenvalue weighted by molar-refractivity contribution is 0.393. The largest absolute Gasteiger partial charge is 0.497 e. The normalized spacial score (nSPS) is 10.4. The molecule has 118 valence electrons. The number of rotatable bonds is 7. The fraction of sp³-hybridized carbons (Fsp3) is 0.353. The minimum atomic E-state index is 0.743. The first-order valence-electron chi connectivity index (χ1n) is 7.17. The van der Waals surface area contributed by atoms with Crippen molar-refractivity contribution in [2.75, 3.05) is 33.2 Å². The van der Waals surface area contributed by atoms with Crippen molar-refractivity contribution in [3.05, 3.63) is 47.7 Å². The second-order valence-corrected chi connectivity index (χ2v) is 5.24. The van der Waals surface area contributed by atoms with Gasteiger partial charge in [0.05, 0.1) is 14.2 Å². The zero-order valence-corrected chi connectivity index (χ0v) is 13.6. The molecule has 0 amide bonds. The van der Waals surface area contributed by atoms with Crippen LogP contribution >= 0.6 is 0 Å². The Morgan fingerprint density at radius 2 is 1.59 bits per heavy atom. The Morgan fingerprint density at radius 3 is 2.18 bits per heavy atom. The summed E-state index contributed by atoms with van der Waals surface area (Å²) >= 11 is 0. The maximum absolute atomic E-state index is 5.28. The van der Waals surface area contributed by atoms with Crippen molar-refractivity contribution in [2.45, 2.75) is 13.1 Å². The van der Waals surface area contributed by atoms with E-state index in [2.05, 4.69) is 16.4 Å². The Balaban J connectivity index is 1.97. The Morgan fingerprint density at radius 1 is 0.955 bits per heavy atom. The van der Waals surface area contributed by atoms with E-state index in [0.29, 0.717) is 0 Å². The van der Waals surface area contributed by atoms with E-state index in [0.717, 1.165) is 36.0 Å². The van der Waals surface area contributed by atoms with Crippen LogP contribution in [0.3, 0.4) is 0 Å². The molecule has 0 radical (unpaired) electrons. The Bertz CT molecular complexity index is 592. The number of hydrogen-bond acceptors (Lipinski definition) is 5. The van der Waals surface area contributed by atoms with Gasteiger partial charge in [-0.3, -0.25) is 0 Å². The predicted molar refractivity (Wildman–Crippen MR) is 88.7 cm³/mol. The molecule has 1 aromatic heterocycles. The highest BCUT2D eigenvalue weighted by Gasteiger charge is 2.03. The molecule has 0 atom stereocenters. The zero-order valence-electron chi connectivity index (χ0n) is 13.6. The summed E-state index contributed by atoms with van der Waals surface area (Å²) in [5.74, 6) is 2.56. The van der Waals surface area contributed by atoms with Gasteiger partial charge in [-0.2, -0.15) is 0 Å². The molecule has 0 bridgehead atoms. The number of pyridine rings is 1. The quantitative estimate of drug-likeness (QED) is 0.851. The monoisotopic (exact) mass is 301 g/mol. The first-order chi connectivity index (χ1) is 10.6. The summed E-state index contributed by atoms with van der Waals surface area (Å²) in [5.41, 5.74) is 2.33. The van der Waals surface area contributed by atoms with E-state index in [4.69, 9.17) is 9.47 Å². The number of methoxy groups -OCH3 is 2. The summed E-state index contributed by atoms with van der Waals surface area (Å²) in [6.45, 7) is 1.52. The van der Waals surface area contributed by atoms with Crippen LogP contribution < -0.4 is 19.7 Å². The lowest BCUT2D eigenvalue weighted by Gasteiger charge is -2.13. The molecule has 0 saturated carbocycles. The van der Waals surface area contributed by atoms with Gasteiger partial charge in [-0.15, -0.1) is 0 Å². The van der Waals surface area contributed by atoms with Gasteiger partial charge in [-0.05, 0) is 35.4 Å². The van der Waals surface area contributed by atoms with Crippen molar-refractivity contribution < 1.29 is 9.47 Å². The molecule has 5 nitrogen and oxygen atoms in total. The molecule has 22 heavy (non-hydrogen) atoms. The van der Waals surface area contributed by atoms with E-state index >= 15 is 0 Å². The molecule has 2 aromatic rings. The average Bonchev–Trinajstić information content (AvgIpc) is 2.54. The van der Waals surface area contributed by atoms with Crippen molar-refractivity contribution in [1.29, 1.82) is 0 Å². The first-order valence-corrected chi connectivity index (χ1v) is 7.17. The van der Waals surface area contributed by atoms with Gasteiger partial charge < -0.3 is 19.7 Å². The fourth-order valence-corrected chi connectivity index (χ4v) is 2.13. The molecular weight excluding hydrogens is 278 g/mol. The maximum Gasteiger partial charge on any atom is 0.128 e. The number of ether oxygens (including phenoxy) is 2. The first kappa shape index (κ1) is 16.1. The summed E-state index contributed by atoms with van der Waals surface area (Å²) in [6, 6.07) is 9.99. The van der Waals surface area contributed by atoms with Gasteiger partial charge in [0.25, 0.3) is 0 Å². The second-order valence-electron chi connectivity index (χ2n) is 5.24. The SMILES string of the molecule is COc1cc(CNCc2ccnc(N(C)C)c2)cc(OC)c1. The third kappa shape index (κ3) is 4.36. The van der Waals surface area contributed by atoms with Crippen molar-refractivity contribution in [3.8, 4) is 11.5 Å². The predicted octanol–water partition coefficient (Wildman–Crippen LogP) is 2.45. The van der Waals surface area contributed by atoms with Crippen LogP contribution in [-0.4, -0.2) is 33.3 Å². The molecule has 0 aliphatic heterocycles. The molecule has 1 heterocycles. The number of anilines is 1. The van der Waals surface area contributed by atoms with Gasteiger partial charge >= 0.3 is 0 Å². The lowest BCUT2D eigenvalue weighted by atomic mass is 10.2. The molecule has 0 aliphatic carbocycles. The number of aromatic nitrogens is 1. The van der Waals surface area contributed by atoms with Crippen LogP contribution in [-0.2, 0) is 13.1 Å². The molecule has 5 heteroatoms. The topological polar surface area (TPSA) is 46.6 Å². The van der Waals surface area contributed by atoms with E-state index in [1.807, 2.05) is 49.5 Å². The van der Waals surface area contributed by atoms with E-state index in [-0.39, 0.29) is 0 Å². The third-order valence-corrected chi connectivity index (χ3v) is 3.34. The standard InChI is InChI=1S/C17H23N3O2/c1-20(2)17-9-13(5-6-19-17)11-18-12-14-7-15(21-3)10-16(8-14)22-4/h5-10,18H,11-12H2,1-4H3. The highest BCUT2D eigenvalue weighted by molar-refractivity contribution is 5.40. The van der Waals surface area contributed by atoms with Crippen LogP contribution in [0, 0.1) is 0 Å². The van der Waals surface area contributed by atoms with Crippen molar-refractivity contribution >= 4 is 5.82 Å². The van der Waals surface area contributed by atoms with Gasteiger partial charge in [-0.1, -0.05) is 0 Å². The average molecular weight is 301 g/mol. The van der Waals surface area contributed by atoms with Crippen LogP contribution in [0.1, 0.15) is 11.1 Å². The highest BCUT2D eigenvalue weighted by Crippen LogP contribution is 2.22. The molecular formula is C17H23N3O2. The van der Waals surface area contributed by atoms with Gasteiger partial charge in [0.1, 0.15) is 17.3 Å². The second kappa shape index (κ2) is 7.66. The number of hydrogen-bond donors (Lipinski definition) is 1. The number of benzene rings is 1. The smallest absolute Gasteiger partial charge is 0.128 e. The van der Waals surface area contributed by atoms with E-state index < -0.39 is 0 Å². The van der Waals surface area contributed by atoms with Crippen LogP contribution in [0.2, 0.25) is 0 Å². The van der Waals surface area contributed by atoms with Crippen molar-refractivity contribution in [3.63, 3.8) is 0 Å². The van der Waals surface area contributed by atoms with Crippen LogP contribution in [0.15, 0.2) is 36.5 Å². The number of nitrogens with one attached hydrogen (secondary N) is 1. The van der Waals surface area contributed by atoms with Crippen LogP contribution in [0.5, 0.6) is 11.5 Å². The van der Waals surface area contributed by atoms with Gasteiger partial charge in [0.15, 0.2) is 0 Å². The summed E-state index contributed by atoms with van der Waals surface area (Å²) in [6.07, 6.45) is 1.83. The van der Waals surface area contributed by atoms with E-state index in [1.165, 1.54) is 5.56 Å². The molecule has 1 aromatic carbocycles. The summed E-state index contributed by atoms with van der Waals surface area (Å²) in [4.78, 5) is 6.31. The fourth-order valence-electron chi connectivity index (χ4n) is 2.13. The zero-order chi connectivity index (χ0) is 15.9. The van der Waals surface area contributed by atoms with Gasteiger partial charge in [0.2, 0.25) is 0 Å². The van der Waals surface area contributed by atoms with E-state index in [9.17, 15) is 0 Å². The summed E-state index contributed by atoms with van der Waals surface area (Å²) in [5, 5.41) is 3.43. The van der Waals surface area contributed by atoms with E-state index in [1.54, 1.807) is 14.2 Å². The van der Waals surface area contributed by atoms with Gasteiger partial charge in [-0.25, -0.2) is 4.98 Å². The number of nitrogens with zero attached hydrogens (tertiary/aromatic N) is 2. The molecule has 0 fully saturated rings. The Kier molecular flexibility index (Phi) is 5.61. The lowest BCUT2D eigenvalue weighted by Crippen LogP contribution is -2.15. The summed E-state index contributed by atoms with van der Waals surface area (Å²) < 4.78 is 10.6. The molecule has 1 N–H and O–H groups in total.